The summed E-state index contributed by atoms with van der Waals surface area (Å²) in [5.74, 6) is 1.36. The highest BCUT2D eigenvalue weighted by Gasteiger charge is 2.28. The number of amidine groups is 3. The van der Waals surface area contributed by atoms with Crippen molar-refractivity contribution in [1.29, 1.82) is 0 Å². The molecule has 2 rings (SSSR count). The van der Waals surface area contributed by atoms with Crippen molar-refractivity contribution in [3.05, 3.63) is 0 Å². The highest BCUT2D eigenvalue weighted by molar-refractivity contribution is 8.13. The van der Waals surface area contributed by atoms with Gasteiger partial charge >= 0.3 is 0 Å². The van der Waals surface area contributed by atoms with Gasteiger partial charge in [0.2, 0.25) is 0 Å². The Labute approximate surface area is 84.9 Å². The fourth-order valence-electron chi connectivity index (χ4n) is 1.11. The molecule has 2 aliphatic heterocycles. The summed E-state index contributed by atoms with van der Waals surface area (Å²) < 4.78 is 0. The van der Waals surface area contributed by atoms with E-state index >= 15 is 0 Å². The zero-order valence-corrected chi connectivity index (χ0v) is 8.72. The maximum atomic E-state index is 5.92. The normalized spacial score (nSPS) is 25.9. The molecule has 68 valence electrons. The molecule has 0 spiro atoms. The average Bonchev–Trinajstić information content (AvgIpc) is 2.46. The number of halogens is 1. The maximum absolute atomic E-state index is 5.92. The molecule has 0 amide bonds. The van der Waals surface area contributed by atoms with Crippen LogP contribution in [0.1, 0.15) is 6.92 Å². The van der Waals surface area contributed by atoms with Gasteiger partial charge in [0, 0.05) is 0 Å². The first kappa shape index (κ1) is 8.90. The second kappa shape index (κ2) is 3.23. The lowest BCUT2D eigenvalue weighted by Crippen LogP contribution is -2.25. The van der Waals surface area contributed by atoms with Crippen LogP contribution in [0.25, 0.3) is 0 Å². The Morgan fingerprint density at radius 1 is 1.31 bits per heavy atom. The first-order chi connectivity index (χ1) is 6.20. The molecule has 6 heteroatoms. The fraction of sp³-hybridized carbons (Fsp3) is 0.429. The van der Waals surface area contributed by atoms with Crippen LogP contribution < -0.4 is 0 Å². The van der Waals surface area contributed by atoms with E-state index < -0.39 is 0 Å². The number of hydrogen-bond acceptors (Lipinski definition) is 5. The smallest absolute Gasteiger partial charge is 0.190 e. The molecule has 0 N–H and O–H groups in total. The Balaban J connectivity index is 2.40. The number of nitrogens with zero attached hydrogens (tertiary/aromatic N) is 4. The number of thioether (sulfide) groups is 1. The summed E-state index contributed by atoms with van der Waals surface area (Å²) >= 11 is 7.37. The standard InChI is InChI=1S/C7H7ClN4S/c1-3-9-4-5(8)11-7(13-2)12-6(4)10-3/h4H,1-2H3. The molecule has 0 bridgehead atoms. The highest BCUT2D eigenvalue weighted by Crippen LogP contribution is 2.18. The average molecular weight is 215 g/mol. The van der Waals surface area contributed by atoms with Crippen LogP contribution in [-0.4, -0.2) is 34.3 Å². The summed E-state index contributed by atoms with van der Waals surface area (Å²) in [7, 11) is 0. The van der Waals surface area contributed by atoms with Gasteiger partial charge in [-0.05, 0) is 13.2 Å². The SMILES string of the molecule is CSC1=NC2=NC(C)=NC2C(Cl)=N1. The molecule has 0 fully saturated rings. The van der Waals surface area contributed by atoms with E-state index in [0.29, 0.717) is 22.0 Å². The van der Waals surface area contributed by atoms with Crippen LogP contribution in [0.5, 0.6) is 0 Å². The van der Waals surface area contributed by atoms with Crippen LogP contribution in [0.2, 0.25) is 0 Å². The van der Waals surface area contributed by atoms with Gasteiger partial charge in [0.25, 0.3) is 0 Å². The highest BCUT2D eigenvalue weighted by atomic mass is 35.5. The van der Waals surface area contributed by atoms with Gasteiger partial charge in [0.15, 0.2) is 17.0 Å². The van der Waals surface area contributed by atoms with Crippen molar-refractivity contribution < 1.29 is 0 Å². The predicted octanol–water partition coefficient (Wildman–Crippen LogP) is 1.56. The van der Waals surface area contributed by atoms with Gasteiger partial charge in [0.05, 0.1) is 0 Å². The van der Waals surface area contributed by atoms with Gasteiger partial charge in [-0.3, -0.25) is 4.99 Å². The molecule has 0 aromatic carbocycles. The first-order valence-corrected chi connectivity index (χ1v) is 5.30. The van der Waals surface area contributed by atoms with Crippen LogP contribution in [0.4, 0.5) is 0 Å². The lowest BCUT2D eigenvalue weighted by Gasteiger charge is -2.10. The van der Waals surface area contributed by atoms with Crippen molar-refractivity contribution in [3.8, 4) is 0 Å². The number of fused-ring (bicyclic) bond motifs is 1. The van der Waals surface area contributed by atoms with Gasteiger partial charge in [-0.25, -0.2) is 15.0 Å². The molecule has 0 aromatic heterocycles. The molecule has 4 nitrogen and oxygen atoms in total. The number of aliphatic imine (C=N–C) groups is 4. The molecule has 0 saturated carbocycles. The van der Waals surface area contributed by atoms with Crippen molar-refractivity contribution in [1.82, 2.24) is 0 Å². The van der Waals surface area contributed by atoms with Crippen LogP contribution in [0.3, 0.4) is 0 Å². The van der Waals surface area contributed by atoms with Gasteiger partial charge < -0.3 is 0 Å². The van der Waals surface area contributed by atoms with Crippen molar-refractivity contribution >= 4 is 45.4 Å². The Kier molecular flexibility index (Phi) is 2.21. The maximum Gasteiger partial charge on any atom is 0.190 e. The second-order valence-electron chi connectivity index (χ2n) is 2.58. The Morgan fingerprint density at radius 2 is 2.08 bits per heavy atom. The third-order valence-corrected chi connectivity index (χ3v) is 2.50. The van der Waals surface area contributed by atoms with E-state index in [9.17, 15) is 0 Å². The molecule has 0 aliphatic carbocycles. The Morgan fingerprint density at radius 3 is 2.77 bits per heavy atom. The molecule has 0 aromatic rings. The molecule has 1 unspecified atom stereocenters. The summed E-state index contributed by atoms with van der Waals surface area (Å²) in [5, 5.41) is 1.10. The number of hydrogen-bond donors (Lipinski definition) is 0. The molecule has 2 heterocycles. The molecule has 0 radical (unpaired) electrons. The minimum absolute atomic E-state index is 0.252. The zero-order chi connectivity index (χ0) is 9.42. The quantitative estimate of drug-likeness (QED) is 0.604. The summed E-state index contributed by atoms with van der Waals surface area (Å²) in [6.07, 6.45) is 1.90. The van der Waals surface area contributed by atoms with Gasteiger partial charge in [-0.15, -0.1) is 0 Å². The van der Waals surface area contributed by atoms with Crippen LogP contribution in [-0.2, 0) is 0 Å². The lowest BCUT2D eigenvalue weighted by atomic mass is 10.3. The summed E-state index contributed by atoms with van der Waals surface area (Å²) in [6, 6.07) is -0.252. The lowest BCUT2D eigenvalue weighted by molar-refractivity contribution is 1.15. The van der Waals surface area contributed by atoms with Crippen molar-refractivity contribution in [2.45, 2.75) is 13.0 Å². The monoisotopic (exact) mass is 214 g/mol. The minimum Gasteiger partial charge on any atom is -0.252 e. The summed E-state index contributed by atoms with van der Waals surface area (Å²) in [4.78, 5) is 16.6. The fourth-order valence-corrected chi connectivity index (χ4v) is 1.76. The van der Waals surface area contributed by atoms with Gasteiger partial charge in [0.1, 0.15) is 11.0 Å². The van der Waals surface area contributed by atoms with Crippen LogP contribution >= 0.6 is 23.4 Å². The van der Waals surface area contributed by atoms with Crippen molar-refractivity contribution in [2.75, 3.05) is 6.26 Å². The van der Waals surface area contributed by atoms with E-state index in [2.05, 4.69) is 20.0 Å². The van der Waals surface area contributed by atoms with Crippen molar-refractivity contribution in [3.63, 3.8) is 0 Å². The molecule has 13 heavy (non-hydrogen) atoms. The largest absolute Gasteiger partial charge is 0.252 e. The molecule has 1 atom stereocenters. The number of rotatable bonds is 0. The molecule has 0 saturated heterocycles. The van der Waals surface area contributed by atoms with Crippen molar-refractivity contribution in [2.24, 2.45) is 20.0 Å². The topological polar surface area (TPSA) is 49.4 Å². The van der Waals surface area contributed by atoms with Crippen LogP contribution in [0.15, 0.2) is 20.0 Å². The zero-order valence-electron chi connectivity index (χ0n) is 7.15. The third kappa shape index (κ3) is 1.53. The van der Waals surface area contributed by atoms with E-state index in [1.807, 2.05) is 13.2 Å². The van der Waals surface area contributed by atoms with E-state index in [-0.39, 0.29) is 6.04 Å². The summed E-state index contributed by atoms with van der Waals surface area (Å²) in [5.41, 5.74) is 0. The minimum atomic E-state index is -0.252. The van der Waals surface area contributed by atoms with Crippen LogP contribution in [0, 0.1) is 0 Å². The van der Waals surface area contributed by atoms with E-state index in [4.69, 9.17) is 11.6 Å². The van der Waals surface area contributed by atoms with E-state index in [1.54, 1.807) is 0 Å². The Bertz CT molecular complexity index is 369. The predicted molar refractivity (Wildman–Crippen MR) is 58.6 cm³/mol. The second-order valence-corrected chi connectivity index (χ2v) is 3.74. The summed E-state index contributed by atoms with van der Waals surface area (Å²) in [6.45, 7) is 1.82. The van der Waals surface area contributed by atoms with E-state index in [1.165, 1.54) is 11.8 Å². The molecule has 2 aliphatic rings. The Hall–Kier alpha value is -0.680. The third-order valence-electron chi connectivity index (χ3n) is 1.66. The van der Waals surface area contributed by atoms with E-state index in [0.717, 1.165) is 0 Å². The first-order valence-electron chi connectivity index (χ1n) is 3.70. The molecular formula is C7H7ClN4S. The van der Waals surface area contributed by atoms with Gasteiger partial charge in [-0.2, -0.15) is 0 Å². The van der Waals surface area contributed by atoms with Gasteiger partial charge in [-0.1, -0.05) is 23.4 Å². The molecular weight excluding hydrogens is 208 g/mol.